The molecule has 0 heterocycles. The number of alkyl halides is 1. The molecule has 0 radical (unpaired) electrons. The van der Waals surface area contributed by atoms with E-state index in [1.165, 1.54) is 0 Å². The van der Waals surface area contributed by atoms with Gasteiger partial charge in [0.1, 0.15) is 21.0 Å². The van der Waals surface area contributed by atoms with Crippen molar-refractivity contribution >= 4 is 32.1 Å². The van der Waals surface area contributed by atoms with E-state index in [1.807, 2.05) is 0 Å². The van der Waals surface area contributed by atoms with Crippen LogP contribution in [0.5, 0.6) is 0 Å². The van der Waals surface area contributed by atoms with Gasteiger partial charge in [-0.3, -0.25) is 0 Å². The Labute approximate surface area is 175 Å². The Morgan fingerprint density at radius 1 is 0.462 bits per heavy atom. The van der Waals surface area contributed by atoms with Gasteiger partial charge in [-0.25, -0.2) is 0 Å². The van der Waals surface area contributed by atoms with Gasteiger partial charge in [0.15, 0.2) is 0 Å². The fourth-order valence-electron chi connectivity index (χ4n) is 5.28. The van der Waals surface area contributed by atoms with E-state index >= 15 is 0 Å². The summed E-state index contributed by atoms with van der Waals surface area (Å²) in [6.07, 6.45) is 0. The number of hydrogen-bond donors (Lipinski definition) is 0. The second-order valence-electron chi connectivity index (χ2n) is 9.70. The Morgan fingerprint density at radius 2 is 0.654 bits per heavy atom. The monoisotopic (exact) mass is 454 g/mol. The van der Waals surface area contributed by atoms with Crippen LogP contribution in [0.3, 0.4) is 0 Å². The van der Waals surface area contributed by atoms with E-state index in [1.54, 1.807) is 0 Å². The lowest BCUT2D eigenvalue weighted by Crippen LogP contribution is -2.43. The summed E-state index contributed by atoms with van der Waals surface area (Å²) in [4.78, 5) is -0.00579. The first-order valence-electron chi connectivity index (χ1n) is 10.5. The predicted octanol–water partition coefficient (Wildman–Crippen LogP) is 8.19. The first kappa shape index (κ1) is 26.0. The molecule has 0 saturated carbocycles. The van der Waals surface area contributed by atoms with Gasteiger partial charge in [-0.15, -0.1) is 11.1 Å². The largest absolute Gasteiger partial charge is 0.146 e. The quantitative estimate of drug-likeness (QED) is 0.215. The van der Waals surface area contributed by atoms with E-state index in [9.17, 15) is 0 Å². The molecule has 0 N–H and O–H groups in total. The molecule has 0 aromatic heterocycles. The van der Waals surface area contributed by atoms with Gasteiger partial charge in [0.05, 0.1) is 0 Å². The van der Waals surface area contributed by atoms with Crippen LogP contribution in [0.2, 0.25) is 33.2 Å². The summed E-state index contributed by atoms with van der Waals surface area (Å²) in [6.45, 7) is 28.4. The maximum absolute atomic E-state index is 3.81. The maximum atomic E-state index is 3.81. The van der Waals surface area contributed by atoms with E-state index in [0.717, 1.165) is 0 Å². The first-order valence-corrected chi connectivity index (χ1v) is 15.8. The molecule has 0 amide bonds. The van der Waals surface area contributed by atoms with Crippen LogP contribution in [0.15, 0.2) is 0 Å². The van der Waals surface area contributed by atoms with Crippen LogP contribution < -0.4 is 0 Å². The van der Waals surface area contributed by atoms with Crippen molar-refractivity contribution in [2.45, 2.75) is 121 Å². The van der Waals surface area contributed by atoms with E-state index in [2.05, 4.69) is 122 Å². The minimum atomic E-state index is -1.68. The van der Waals surface area contributed by atoms with Crippen LogP contribution in [0.25, 0.3) is 0 Å². The Balaban J connectivity index is 5.94. The molecule has 0 aromatic rings. The van der Waals surface area contributed by atoms with Crippen molar-refractivity contribution in [3.63, 3.8) is 0 Å². The molecule has 0 aliphatic carbocycles. The van der Waals surface area contributed by atoms with Crippen LogP contribution in [-0.4, -0.2) is 21.0 Å². The third-order valence-electron chi connectivity index (χ3n) is 6.56. The summed E-state index contributed by atoms with van der Waals surface area (Å²) < 4.78 is 0. The van der Waals surface area contributed by atoms with E-state index in [4.69, 9.17) is 0 Å². The highest BCUT2D eigenvalue weighted by Gasteiger charge is 2.42. The standard InChI is InChI=1S/C23H43BrSi2/c1-17(2)25(18(3)4,19(5)6)15-13-23(24)14-16-26(20(7)8,21(9)10)22(11)12/h17-23H,1-12H3. The predicted molar refractivity (Wildman–Crippen MR) is 130 cm³/mol. The lowest BCUT2D eigenvalue weighted by Gasteiger charge is -2.38. The van der Waals surface area contributed by atoms with Gasteiger partial charge in [-0.1, -0.05) is 111 Å². The maximum Gasteiger partial charge on any atom is 0.146 e. The molecule has 26 heavy (non-hydrogen) atoms. The molecule has 0 unspecified atom stereocenters. The van der Waals surface area contributed by atoms with E-state index < -0.39 is 16.1 Å². The van der Waals surface area contributed by atoms with Crippen molar-refractivity contribution in [1.29, 1.82) is 0 Å². The molecule has 0 atom stereocenters. The van der Waals surface area contributed by atoms with Crippen molar-refractivity contribution < 1.29 is 0 Å². The van der Waals surface area contributed by atoms with Gasteiger partial charge >= 0.3 is 0 Å². The molecule has 150 valence electrons. The zero-order chi connectivity index (χ0) is 20.9. The van der Waals surface area contributed by atoms with Crippen LogP contribution in [-0.2, 0) is 0 Å². The van der Waals surface area contributed by atoms with Crippen LogP contribution >= 0.6 is 15.9 Å². The first-order chi connectivity index (χ1) is 11.8. The zero-order valence-electron chi connectivity index (χ0n) is 19.4. The summed E-state index contributed by atoms with van der Waals surface area (Å²) in [5, 5.41) is 0. The normalized spacial score (nSPS) is 13.1. The highest BCUT2D eigenvalue weighted by atomic mass is 79.9. The number of halogens is 1. The topological polar surface area (TPSA) is 0 Å². The second-order valence-corrected chi connectivity index (χ2v) is 21.8. The highest BCUT2D eigenvalue weighted by Crippen LogP contribution is 2.42. The average Bonchev–Trinajstić information content (AvgIpc) is 2.45. The molecule has 0 aliphatic rings. The van der Waals surface area contributed by atoms with Gasteiger partial charge < -0.3 is 0 Å². The van der Waals surface area contributed by atoms with Gasteiger partial charge in [0.2, 0.25) is 0 Å². The summed E-state index contributed by atoms with van der Waals surface area (Å²) >= 11 is 3.78. The van der Waals surface area contributed by atoms with Crippen LogP contribution in [0.1, 0.15) is 83.1 Å². The van der Waals surface area contributed by atoms with Crippen molar-refractivity contribution in [1.82, 2.24) is 0 Å². The molecule has 0 bridgehead atoms. The second kappa shape index (κ2) is 10.5. The molecule has 0 nitrogen and oxygen atoms in total. The van der Waals surface area contributed by atoms with Gasteiger partial charge in [-0.05, 0) is 33.2 Å². The summed E-state index contributed by atoms with van der Waals surface area (Å²) in [6, 6.07) is 0. The van der Waals surface area contributed by atoms with Crippen molar-refractivity contribution in [2.24, 2.45) is 0 Å². The fourth-order valence-corrected chi connectivity index (χ4v) is 16.5. The van der Waals surface area contributed by atoms with Crippen LogP contribution in [0.4, 0.5) is 0 Å². The molecular formula is C23H43BrSi2. The lowest BCUT2D eigenvalue weighted by atomic mass is 10.5. The summed E-state index contributed by atoms with van der Waals surface area (Å²) in [7, 11) is -3.36. The molecule has 0 spiro atoms. The Kier molecular flexibility index (Phi) is 10.6. The molecule has 0 fully saturated rings. The highest BCUT2D eigenvalue weighted by molar-refractivity contribution is 9.09. The average molecular weight is 456 g/mol. The van der Waals surface area contributed by atoms with Crippen molar-refractivity contribution in [3.05, 3.63) is 0 Å². The molecule has 0 aromatic carbocycles. The van der Waals surface area contributed by atoms with Crippen LogP contribution in [0, 0.1) is 22.9 Å². The molecule has 0 rings (SSSR count). The molecule has 3 heteroatoms. The molecule has 0 aliphatic heterocycles. The number of hydrogen-bond acceptors (Lipinski definition) is 0. The lowest BCUT2D eigenvalue weighted by molar-refractivity contribution is 0.838. The third-order valence-corrected chi connectivity index (χ3v) is 19.6. The van der Waals surface area contributed by atoms with Gasteiger partial charge in [0.25, 0.3) is 0 Å². The van der Waals surface area contributed by atoms with E-state index in [0.29, 0.717) is 33.2 Å². The smallest absolute Gasteiger partial charge is 0.128 e. The van der Waals surface area contributed by atoms with Crippen molar-refractivity contribution in [3.8, 4) is 22.9 Å². The third kappa shape index (κ3) is 5.53. The minimum absolute atomic E-state index is 0.00579. The van der Waals surface area contributed by atoms with Crippen molar-refractivity contribution in [2.75, 3.05) is 0 Å². The Morgan fingerprint density at radius 3 is 0.808 bits per heavy atom. The fraction of sp³-hybridized carbons (Fsp3) is 0.826. The Bertz CT molecular complexity index is 457. The number of rotatable bonds is 6. The molecule has 0 saturated heterocycles. The van der Waals surface area contributed by atoms with Gasteiger partial charge in [-0.2, -0.15) is 0 Å². The zero-order valence-corrected chi connectivity index (χ0v) is 23.0. The summed E-state index contributed by atoms with van der Waals surface area (Å²) in [5.74, 6) is 7.07. The minimum Gasteiger partial charge on any atom is -0.128 e. The van der Waals surface area contributed by atoms with E-state index in [-0.39, 0.29) is 4.83 Å². The SMILES string of the molecule is CC(C)[Si](C#CC(Br)C#C[Si](C(C)C)(C(C)C)C(C)C)(C(C)C)C(C)C. The molecular weight excluding hydrogens is 412 g/mol. The Hall–Kier alpha value is 0.0338. The summed E-state index contributed by atoms with van der Waals surface area (Å²) in [5.41, 5.74) is 11.6. The van der Waals surface area contributed by atoms with Gasteiger partial charge in [0, 0.05) is 0 Å².